The van der Waals surface area contributed by atoms with Crippen molar-refractivity contribution in [3.8, 4) is 11.5 Å². The first-order valence-corrected chi connectivity index (χ1v) is 13.6. The van der Waals surface area contributed by atoms with Crippen molar-refractivity contribution in [2.75, 3.05) is 26.3 Å². The van der Waals surface area contributed by atoms with Crippen LogP contribution < -0.4 is 20.9 Å². The minimum Gasteiger partial charge on any atom is -0.493 e. The van der Waals surface area contributed by atoms with E-state index in [4.69, 9.17) is 20.9 Å². The zero-order valence-corrected chi connectivity index (χ0v) is 21.3. The zero-order valence-electron chi connectivity index (χ0n) is 21.3. The van der Waals surface area contributed by atoms with Gasteiger partial charge in [0.2, 0.25) is 0 Å². The van der Waals surface area contributed by atoms with Gasteiger partial charge in [-0.05, 0) is 74.9 Å². The van der Waals surface area contributed by atoms with Gasteiger partial charge in [0, 0.05) is 0 Å². The van der Waals surface area contributed by atoms with E-state index in [0.29, 0.717) is 13.1 Å². The van der Waals surface area contributed by atoms with Crippen LogP contribution in [0.15, 0.2) is 12.1 Å². The topological polar surface area (TPSA) is 70.5 Å². The van der Waals surface area contributed by atoms with Crippen molar-refractivity contribution in [3.63, 3.8) is 0 Å². The summed E-state index contributed by atoms with van der Waals surface area (Å²) >= 11 is 0. The van der Waals surface area contributed by atoms with Crippen LogP contribution in [0.4, 0.5) is 0 Å². The maximum absolute atomic E-state index is 6.27. The summed E-state index contributed by atoms with van der Waals surface area (Å²) in [4.78, 5) is 0. The molecule has 0 saturated carbocycles. The Morgan fingerprint density at radius 3 is 1.28 bits per heavy atom. The molecule has 0 atom stereocenters. The molecule has 4 heteroatoms. The van der Waals surface area contributed by atoms with Crippen LogP contribution in [0.3, 0.4) is 0 Å². The summed E-state index contributed by atoms with van der Waals surface area (Å²) in [7, 11) is 0. The Hall–Kier alpha value is -1.26. The van der Waals surface area contributed by atoms with Gasteiger partial charge >= 0.3 is 0 Å². The van der Waals surface area contributed by atoms with Gasteiger partial charge in [-0.1, -0.05) is 78.1 Å². The predicted octanol–water partition coefficient (Wildman–Crippen LogP) is 6.95. The summed E-state index contributed by atoms with van der Waals surface area (Å²) < 4.78 is 12.5. The normalized spacial score (nSPS) is 11.1. The number of ether oxygens (including phenoxy) is 2. The molecule has 1 rings (SSSR count). The number of nitrogens with two attached hydrogens (primary N) is 2. The van der Waals surface area contributed by atoms with Crippen LogP contribution in [0.2, 0.25) is 0 Å². The van der Waals surface area contributed by atoms with Gasteiger partial charge in [-0.3, -0.25) is 0 Å². The molecule has 0 aliphatic rings. The van der Waals surface area contributed by atoms with Gasteiger partial charge in [0.05, 0.1) is 13.2 Å². The van der Waals surface area contributed by atoms with Crippen molar-refractivity contribution in [1.82, 2.24) is 0 Å². The third-order valence-corrected chi connectivity index (χ3v) is 6.06. The van der Waals surface area contributed by atoms with E-state index < -0.39 is 0 Å². The Bertz CT molecular complexity index is 513. The number of unbranched alkanes of at least 4 members (excludes halogenated alkanes) is 10. The standard InChI is InChI=1S/C28H52N2O2/c1-3-5-7-9-11-13-21-31-27-23-26(18-16-20-30)28(24-25(27)17-15-19-29)32-22-14-12-10-8-6-4-2/h23-24H,3-22,29-30H2,1-2H3. The Kier molecular flexibility index (Phi) is 18.3. The van der Waals surface area contributed by atoms with Crippen LogP contribution in [0.1, 0.15) is 115 Å². The first-order valence-electron chi connectivity index (χ1n) is 13.6. The lowest BCUT2D eigenvalue weighted by molar-refractivity contribution is 0.291. The summed E-state index contributed by atoms with van der Waals surface area (Å²) in [6, 6.07) is 4.43. The van der Waals surface area contributed by atoms with Crippen molar-refractivity contribution < 1.29 is 9.47 Å². The van der Waals surface area contributed by atoms with Crippen molar-refractivity contribution in [2.24, 2.45) is 11.5 Å². The summed E-state index contributed by atoms with van der Waals surface area (Å²) in [6.07, 6.45) is 19.1. The summed E-state index contributed by atoms with van der Waals surface area (Å²) in [6.45, 7) is 7.48. The molecule has 0 bridgehead atoms. The van der Waals surface area contributed by atoms with E-state index >= 15 is 0 Å². The molecule has 0 radical (unpaired) electrons. The molecule has 0 aromatic heterocycles. The molecular formula is C28H52N2O2. The van der Waals surface area contributed by atoms with Crippen molar-refractivity contribution in [2.45, 2.75) is 117 Å². The Labute approximate surface area is 198 Å². The maximum atomic E-state index is 6.27. The first kappa shape index (κ1) is 28.8. The van der Waals surface area contributed by atoms with E-state index in [1.807, 2.05) is 0 Å². The van der Waals surface area contributed by atoms with Crippen LogP contribution in [0, 0.1) is 0 Å². The average molecular weight is 449 g/mol. The molecule has 0 saturated heterocycles. The van der Waals surface area contributed by atoms with Crippen molar-refractivity contribution in [3.05, 3.63) is 23.3 Å². The van der Waals surface area contributed by atoms with Gasteiger partial charge < -0.3 is 20.9 Å². The second-order valence-electron chi connectivity index (χ2n) is 9.08. The molecule has 0 fully saturated rings. The van der Waals surface area contributed by atoms with E-state index in [9.17, 15) is 0 Å². The van der Waals surface area contributed by atoms with Crippen LogP contribution in [-0.2, 0) is 12.8 Å². The molecule has 186 valence electrons. The van der Waals surface area contributed by atoms with Gasteiger partial charge in [-0.2, -0.15) is 0 Å². The van der Waals surface area contributed by atoms with Gasteiger partial charge in [-0.25, -0.2) is 0 Å². The first-order chi connectivity index (χ1) is 15.8. The van der Waals surface area contributed by atoms with Crippen LogP contribution in [0.5, 0.6) is 11.5 Å². The van der Waals surface area contributed by atoms with Crippen LogP contribution in [0.25, 0.3) is 0 Å². The second-order valence-corrected chi connectivity index (χ2v) is 9.08. The second kappa shape index (κ2) is 20.4. The van der Waals surface area contributed by atoms with Gasteiger partial charge in [0.1, 0.15) is 11.5 Å². The molecule has 4 N–H and O–H groups in total. The molecule has 0 amide bonds. The van der Waals surface area contributed by atoms with Crippen molar-refractivity contribution in [1.29, 1.82) is 0 Å². The lowest BCUT2D eigenvalue weighted by Gasteiger charge is -2.18. The molecule has 0 aliphatic carbocycles. The number of benzene rings is 1. The molecule has 0 spiro atoms. The quantitative estimate of drug-likeness (QED) is 0.188. The lowest BCUT2D eigenvalue weighted by atomic mass is 10.0. The fourth-order valence-electron chi connectivity index (χ4n) is 4.02. The number of hydrogen-bond acceptors (Lipinski definition) is 4. The van der Waals surface area contributed by atoms with Gasteiger partial charge in [-0.15, -0.1) is 0 Å². The monoisotopic (exact) mass is 448 g/mol. The Balaban J connectivity index is 2.71. The summed E-state index contributed by atoms with van der Waals surface area (Å²) in [5.41, 5.74) is 14.1. The number of rotatable bonds is 22. The van der Waals surface area contributed by atoms with Gasteiger partial charge in [0.15, 0.2) is 0 Å². The molecule has 0 heterocycles. The highest BCUT2D eigenvalue weighted by Crippen LogP contribution is 2.31. The minimum atomic E-state index is 0.694. The molecule has 0 aliphatic heterocycles. The van der Waals surface area contributed by atoms with E-state index in [1.165, 1.54) is 75.3 Å². The Morgan fingerprint density at radius 1 is 0.531 bits per heavy atom. The van der Waals surface area contributed by atoms with Crippen molar-refractivity contribution >= 4 is 0 Å². The fraction of sp³-hybridized carbons (Fsp3) is 0.786. The highest BCUT2D eigenvalue weighted by Gasteiger charge is 2.13. The Morgan fingerprint density at radius 2 is 0.906 bits per heavy atom. The number of aryl methyl sites for hydroxylation is 2. The molecule has 1 aromatic rings. The highest BCUT2D eigenvalue weighted by molar-refractivity contribution is 5.47. The van der Waals surface area contributed by atoms with E-state index in [-0.39, 0.29) is 0 Å². The minimum absolute atomic E-state index is 0.694. The third kappa shape index (κ3) is 13.3. The highest BCUT2D eigenvalue weighted by atomic mass is 16.5. The largest absolute Gasteiger partial charge is 0.493 e. The van der Waals surface area contributed by atoms with Crippen LogP contribution >= 0.6 is 0 Å². The van der Waals surface area contributed by atoms with E-state index in [0.717, 1.165) is 63.2 Å². The average Bonchev–Trinajstić information content (AvgIpc) is 2.81. The molecular weight excluding hydrogens is 396 g/mol. The molecule has 1 aromatic carbocycles. The third-order valence-electron chi connectivity index (χ3n) is 6.06. The summed E-state index contributed by atoms with van der Waals surface area (Å²) in [5.74, 6) is 2.04. The zero-order chi connectivity index (χ0) is 23.3. The lowest BCUT2D eigenvalue weighted by Crippen LogP contribution is -2.08. The van der Waals surface area contributed by atoms with E-state index in [1.54, 1.807) is 0 Å². The SMILES string of the molecule is CCCCCCCCOc1cc(CCCN)c(OCCCCCCCC)cc1CCCN. The maximum Gasteiger partial charge on any atom is 0.123 e. The summed E-state index contributed by atoms with van der Waals surface area (Å²) in [5, 5.41) is 0. The predicted molar refractivity (Wildman–Crippen MR) is 139 cm³/mol. The van der Waals surface area contributed by atoms with Gasteiger partial charge in [0.25, 0.3) is 0 Å². The molecule has 32 heavy (non-hydrogen) atoms. The van der Waals surface area contributed by atoms with E-state index in [2.05, 4.69) is 26.0 Å². The smallest absolute Gasteiger partial charge is 0.123 e. The molecule has 4 nitrogen and oxygen atoms in total. The number of hydrogen-bond donors (Lipinski definition) is 2. The fourth-order valence-corrected chi connectivity index (χ4v) is 4.02. The molecule has 0 unspecified atom stereocenters. The van der Waals surface area contributed by atoms with Crippen LogP contribution in [-0.4, -0.2) is 26.3 Å².